The fourth-order valence-electron chi connectivity index (χ4n) is 3.53. The molecular weight excluding hydrogens is 356 g/mol. The lowest BCUT2D eigenvalue weighted by atomic mass is 9.90. The van der Waals surface area contributed by atoms with Gasteiger partial charge in [-0.3, -0.25) is 4.79 Å². The van der Waals surface area contributed by atoms with Crippen LogP contribution in [0.1, 0.15) is 29.3 Å². The van der Waals surface area contributed by atoms with Gasteiger partial charge in [-0.15, -0.1) is 0 Å². The maximum Gasteiger partial charge on any atom is 0.254 e. The van der Waals surface area contributed by atoms with Gasteiger partial charge in [0.15, 0.2) is 5.16 Å². The molecule has 27 heavy (non-hydrogen) atoms. The first-order valence-electron chi connectivity index (χ1n) is 9.23. The number of nitrogens with two attached hydrogens (primary N) is 1. The van der Waals surface area contributed by atoms with E-state index in [-0.39, 0.29) is 11.3 Å². The van der Waals surface area contributed by atoms with Crippen molar-refractivity contribution in [1.82, 2.24) is 14.9 Å². The number of para-hydroxylation sites is 2. The number of nitrogens with one attached hydrogen (secondary N) is 1. The maximum absolute atomic E-state index is 13.1. The van der Waals surface area contributed by atoms with E-state index < -0.39 is 0 Å². The fourth-order valence-corrected chi connectivity index (χ4v) is 4.42. The van der Waals surface area contributed by atoms with Crippen LogP contribution in [0.4, 0.5) is 0 Å². The molecule has 0 spiro atoms. The number of thioether (sulfide) groups is 1. The lowest BCUT2D eigenvalue weighted by Gasteiger charge is -2.23. The SMILES string of the molecule is CC1(CN)CCN(C(=O)c2ccccc2CSc2nc3ccccc3[nH]2)C1. The number of imidazole rings is 1. The van der Waals surface area contributed by atoms with Crippen molar-refractivity contribution >= 4 is 28.7 Å². The number of hydrogen-bond donors (Lipinski definition) is 2. The minimum absolute atomic E-state index is 0.0353. The monoisotopic (exact) mass is 380 g/mol. The summed E-state index contributed by atoms with van der Waals surface area (Å²) >= 11 is 1.62. The van der Waals surface area contributed by atoms with Gasteiger partial charge in [0.1, 0.15) is 0 Å². The molecule has 6 heteroatoms. The second-order valence-electron chi connectivity index (χ2n) is 7.50. The molecule has 1 aromatic heterocycles. The molecule has 1 fully saturated rings. The minimum Gasteiger partial charge on any atom is -0.338 e. The lowest BCUT2D eigenvalue weighted by molar-refractivity contribution is 0.0776. The number of H-pyrrole nitrogens is 1. The third kappa shape index (κ3) is 3.73. The van der Waals surface area contributed by atoms with Crippen molar-refractivity contribution in [3.63, 3.8) is 0 Å². The van der Waals surface area contributed by atoms with Gasteiger partial charge in [0.2, 0.25) is 0 Å². The first-order chi connectivity index (χ1) is 13.1. The van der Waals surface area contributed by atoms with Crippen LogP contribution in [0.2, 0.25) is 0 Å². The first kappa shape index (κ1) is 18.1. The van der Waals surface area contributed by atoms with Gasteiger partial charge in [-0.25, -0.2) is 4.98 Å². The van der Waals surface area contributed by atoms with E-state index in [1.54, 1.807) is 11.8 Å². The summed E-state index contributed by atoms with van der Waals surface area (Å²) in [6, 6.07) is 15.9. The number of carbonyl (C=O) groups excluding carboxylic acids is 1. The molecule has 1 saturated heterocycles. The Kier molecular flexibility index (Phi) is 4.93. The molecule has 4 rings (SSSR count). The Morgan fingerprint density at radius 1 is 1.26 bits per heavy atom. The summed E-state index contributed by atoms with van der Waals surface area (Å²) in [4.78, 5) is 23.0. The zero-order valence-corrected chi connectivity index (χ0v) is 16.3. The van der Waals surface area contributed by atoms with Crippen molar-refractivity contribution in [2.45, 2.75) is 24.3 Å². The number of rotatable bonds is 5. The molecule has 1 atom stereocenters. The summed E-state index contributed by atoms with van der Waals surface area (Å²) in [5.41, 5.74) is 9.73. The Morgan fingerprint density at radius 2 is 2.04 bits per heavy atom. The highest BCUT2D eigenvalue weighted by Gasteiger charge is 2.35. The molecule has 1 aliphatic heterocycles. The average Bonchev–Trinajstić information content (AvgIpc) is 3.30. The predicted octanol–water partition coefficient (Wildman–Crippen LogP) is 3.67. The van der Waals surface area contributed by atoms with E-state index in [1.165, 1.54) is 0 Å². The van der Waals surface area contributed by atoms with Crippen LogP contribution in [-0.2, 0) is 5.75 Å². The van der Waals surface area contributed by atoms with Gasteiger partial charge < -0.3 is 15.6 Å². The van der Waals surface area contributed by atoms with Gasteiger partial charge in [0.05, 0.1) is 11.0 Å². The third-order valence-corrected chi connectivity index (χ3v) is 6.24. The number of hydrogen-bond acceptors (Lipinski definition) is 4. The van der Waals surface area contributed by atoms with Gasteiger partial charge in [-0.1, -0.05) is 49.0 Å². The first-order valence-corrected chi connectivity index (χ1v) is 10.2. The number of fused-ring (bicyclic) bond motifs is 1. The Labute approximate surface area is 163 Å². The minimum atomic E-state index is 0.0353. The summed E-state index contributed by atoms with van der Waals surface area (Å²) in [6.07, 6.45) is 0.963. The molecule has 0 aliphatic carbocycles. The largest absolute Gasteiger partial charge is 0.338 e. The predicted molar refractivity (Wildman–Crippen MR) is 110 cm³/mol. The van der Waals surface area contributed by atoms with Crippen molar-refractivity contribution in [2.24, 2.45) is 11.1 Å². The molecule has 2 heterocycles. The molecule has 3 aromatic rings. The Morgan fingerprint density at radius 3 is 2.81 bits per heavy atom. The number of benzene rings is 2. The highest BCUT2D eigenvalue weighted by Crippen LogP contribution is 2.31. The summed E-state index contributed by atoms with van der Waals surface area (Å²) in [7, 11) is 0. The number of likely N-dealkylation sites (tertiary alicyclic amines) is 1. The summed E-state index contributed by atoms with van der Waals surface area (Å²) in [6.45, 7) is 4.27. The zero-order valence-electron chi connectivity index (χ0n) is 15.4. The van der Waals surface area contributed by atoms with Crippen LogP contribution in [0, 0.1) is 5.41 Å². The van der Waals surface area contributed by atoms with Gasteiger partial charge in [-0.05, 0) is 42.1 Å². The summed E-state index contributed by atoms with van der Waals surface area (Å²) in [5.74, 6) is 0.803. The Hall–Kier alpha value is -2.31. The highest BCUT2D eigenvalue weighted by molar-refractivity contribution is 7.98. The van der Waals surface area contributed by atoms with Crippen molar-refractivity contribution in [2.75, 3.05) is 19.6 Å². The molecular formula is C21H24N4OS. The molecule has 1 amide bonds. The second-order valence-corrected chi connectivity index (χ2v) is 8.46. The molecule has 5 nitrogen and oxygen atoms in total. The fraction of sp³-hybridized carbons (Fsp3) is 0.333. The van der Waals surface area contributed by atoms with Crippen LogP contribution >= 0.6 is 11.8 Å². The van der Waals surface area contributed by atoms with Crippen LogP contribution in [0.5, 0.6) is 0 Å². The smallest absolute Gasteiger partial charge is 0.254 e. The van der Waals surface area contributed by atoms with Crippen molar-refractivity contribution in [3.8, 4) is 0 Å². The second kappa shape index (κ2) is 7.37. The van der Waals surface area contributed by atoms with E-state index in [9.17, 15) is 4.79 Å². The quantitative estimate of drug-likeness (QED) is 0.662. The molecule has 0 bridgehead atoms. The van der Waals surface area contributed by atoms with Crippen LogP contribution in [0.15, 0.2) is 53.7 Å². The maximum atomic E-state index is 13.1. The van der Waals surface area contributed by atoms with E-state index >= 15 is 0 Å². The number of carbonyl (C=O) groups is 1. The number of amides is 1. The van der Waals surface area contributed by atoms with Crippen molar-refractivity contribution < 1.29 is 4.79 Å². The number of nitrogens with zero attached hydrogens (tertiary/aromatic N) is 2. The van der Waals surface area contributed by atoms with Crippen molar-refractivity contribution in [1.29, 1.82) is 0 Å². The molecule has 0 radical (unpaired) electrons. The standard InChI is InChI=1S/C21H24N4OS/c1-21(13-22)10-11-25(14-21)19(26)16-7-3-2-6-15(16)12-27-20-23-17-8-4-5-9-18(17)24-20/h2-9H,10-14,22H2,1H3,(H,23,24). The van der Waals surface area contributed by atoms with E-state index in [0.29, 0.717) is 12.3 Å². The number of aromatic amines is 1. The molecule has 3 N–H and O–H groups in total. The third-order valence-electron chi connectivity index (χ3n) is 5.32. The van der Waals surface area contributed by atoms with Crippen LogP contribution in [-0.4, -0.2) is 40.4 Å². The van der Waals surface area contributed by atoms with Crippen LogP contribution < -0.4 is 5.73 Å². The number of aromatic nitrogens is 2. The average molecular weight is 381 g/mol. The molecule has 2 aromatic carbocycles. The van der Waals surface area contributed by atoms with Crippen molar-refractivity contribution in [3.05, 3.63) is 59.7 Å². The molecule has 140 valence electrons. The van der Waals surface area contributed by atoms with E-state index in [0.717, 1.165) is 46.8 Å². The van der Waals surface area contributed by atoms with Gasteiger partial charge >= 0.3 is 0 Å². The van der Waals surface area contributed by atoms with Crippen LogP contribution in [0.3, 0.4) is 0 Å². The topological polar surface area (TPSA) is 75.0 Å². The summed E-state index contributed by atoms with van der Waals surface area (Å²) < 4.78 is 0. The Balaban J connectivity index is 1.50. The van der Waals surface area contributed by atoms with E-state index in [4.69, 9.17) is 5.73 Å². The van der Waals surface area contributed by atoms with Gasteiger partial charge in [0, 0.05) is 24.4 Å². The Bertz CT molecular complexity index is 936. The summed E-state index contributed by atoms with van der Waals surface area (Å²) in [5, 5.41) is 0.871. The van der Waals surface area contributed by atoms with Gasteiger partial charge in [0.25, 0.3) is 5.91 Å². The molecule has 1 unspecified atom stereocenters. The van der Waals surface area contributed by atoms with Gasteiger partial charge in [-0.2, -0.15) is 0 Å². The van der Waals surface area contributed by atoms with Crippen LogP contribution in [0.25, 0.3) is 11.0 Å². The van der Waals surface area contributed by atoms with E-state index in [1.807, 2.05) is 53.4 Å². The normalized spacial score (nSPS) is 19.7. The lowest BCUT2D eigenvalue weighted by Crippen LogP contribution is -2.34. The van der Waals surface area contributed by atoms with E-state index in [2.05, 4.69) is 16.9 Å². The zero-order chi connectivity index (χ0) is 18.9. The highest BCUT2D eigenvalue weighted by atomic mass is 32.2. The molecule has 0 saturated carbocycles. The molecule has 1 aliphatic rings.